The molecule has 0 fully saturated rings. The van der Waals surface area contributed by atoms with Gasteiger partial charge in [-0.15, -0.1) is 5.10 Å². The van der Waals surface area contributed by atoms with Crippen LogP contribution in [0.2, 0.25) is 0 Å². The quantitative estimate of drug-likeness (QED) is 0.551. The van der Waals surface area contributed by atoms with E-state index in [4.69, 9.17) is 9.26 Å². The molecular weight excluding hydrogens is 360 g/mol. The highest BCUT2D eigenvalue weighted by Crippen LogP contribution is 2.24. The number of carbonyl (C=O) groups excluding carboxylic acids is 1. The summed E-state index contributed by atoms with van der Waals surface area (Å²) in [4.78, 5) is 12.8. The van der Waals surface area contributed by atoms with Crippen molar-refractivity contribution in [2.24, 2.45) is 0 Å². The average molecular weight is 376 g/mol. The van der Waals surface area contributed by atoms with E-state index in [0.29, 0.717) is 22.9 Å². The van der Waals surface area contributed by atoms with Crippen LogP contribution in [0.25, 0.3) is 5.69 Å². The Morgan fingerprint density at radius 3 is 2.57 bits per heavy atom. The fraction of sp³-hybridized carbons (Fsp3) is 0.105. The number of rotatable bonds is 6. The lowest BCUT2D eigenvalue weighted by molar-refractivity contribution is -0.123. The lowest BCUT2D eigenvalue weighted by atomic mass is 10.1. The molecular formula is C19H16N6O3. The first-order valence-corrected chi connectivity index (χ1v) is 8.48. The molecule has 28 heavy (non-hydrogen) atoms. The number of benzene rings is 2. The van der Waals surface area contributed by atoms with Gasteiger partial charge in [0, 0.05) is 11.6 Å². The van der Waals surface area contributed by atoms with E-state index in [0.717, 1.165) is 5.69 Å². The third kappa shape index (κ3) is 3.88. The maximum atomic E-state index is 12.8. The van der Waals surface area contributed by atoms with Gasteiger partial charge in [-0.05, 0) is 41.6 Å². The van der Waals surface area contributed by atoms with Gasteiger partial charge in [0.15, 0.2) is 5.82 Å². The van der Waals surface area contributed by atoms with Crippen LogP contribution >= 0.6 is 0 Å². The van der Waals surface area contributed by atoms with E-state index in [1.807, 2.05) is 30.3 Å². The molecule has 0 aliphatic carbocycles. The van der Waals surface area contributed by atoms with Crippen LogP contribution in [-0.2, 0) is 4.79 Å². The number of hydrogen-bond donors (Lipinski definition) is 1. The Labute approximate surface area is 159 Å². The Bertz CT molecular complexity index is 1040. The summed E-state index contributed by atoms with van der Waals surface area (Å²) in [5.74, 6) is 1.10. The number of carbonyl (C=O) groups is 1. The van der Waals surface area contributed by atoms with Crippen LogP contribution in [0.1, 0.15) is 17.4 Å². The predicted octanol–water partition coefficient (Wildman–Crippen LogP) is 2.72. The number of amides is 1. The third-order valence-electron chi connectivity index (χ3n) is 3.92. The molecule has 0 radical (unpaired) electrons. The van der Waals surface area contributed by atoms with Gasteiger partial charge in [0.1, 0.15) is 17.8 Å². The molecule has 2 aromatic carbocycles. The van der Waals surface area contributed by atoms with Crippen molar-refractivity contribution in [3.05, 3.63) is 78.3 Å². The summed E-state index contributed by atoms with van der Waals surface area (Å²) in [6.45, 7) is 1.75. The molecule has 0 unspecified atom stereocenters. The van der Waals surface area contributed by atoms with E-state index in [9.17, 15) is 4.79 Å². The molecule has 4 rings (SSSR count). The van der Waals surface area contributed by atoms with E-state index in [-0.39, 0.29) is 5.91 Å². The predicted molar refractivity (Wildman–Crippen MR) is 98.8 cm³/mol. The zero-order chi connectivity index (χ0) is 19.3. The highest BCUT2D eigenvalue weighted by atomic mass is 16.5. The minimum absolute atomic E-state index is 0.334. The topological polar surface area (TPSA) is 108 Å². The summed E-state index contributed by atoms with van der Waals surface area (Å²) in [5.41, 5.74) is 1.49. The molecule has 4 aromatic rings. The number of nitrogens with zero attached hydrogens (tertiary/aromatic N) is 5. The first-order valence-electron chi connectivity index (χ1n) is 8.48. The number of aromatic nitrogens is 5. The second-order valence-electron chi connectivity index (χ2n) is 5.97. The van der Waals surface area contributed by atoms with Gasteiger partial charge in [0.25, 0.3) is 5.91 Å². The SMILES string of the molecule is Cc1cc(NC(=O)[C@H](Oc2ccc(-n3cnnn3)cc2)c2ccccc2)no1. The van der Waals surface area contributed by atoms with Crippen molar-refractivity contribution in [3.63, 3.8) is 0 Å². The number of nitrogens with one attached hydrogen (secondary N) is 1. The van der Waals surface area contributed by atoms with Crippen molar-refractivity contribution < 1.29 is 14.1 Å². The fourth-order valence-electron chi connectivity index (χ4n) is 2.61. The summed E-state index contributed by atoms with van der Waals surface area (Å²) in [6, 6.07) is 18.0. The van der Waals surface area contributed by atoms with Gasteiger partial charge < -0.3 is 14.6 Å². The minimum atomic E-state index is -0.864. The summed E-state index contributed by atoms with van der Waals surface area (Å²) in [6.07, 6.45) is 0.632. The van der Waals surface area contributed by atoms with Crippen LogP contribution in [0.4, 0.5) is 5.82 Å². The van der Waals surface area contributed by atoms with Crippen molar-refractivity contribution >= 4 is 11.7 Å². The molecule has 2 aromatic heterocycles. The number of ether oxygens (including phenoxy) is 1. The summed E-state index contributed by atoms with van der Waals surface area (Å²) in [7, 11) is 0. The molecule has 1 N–H and O–H groups in total. The zero-order valence-electron chi connectivity index (χ0n) is 14.9. The summed E-state index contributed by atoms with van der Waals surface area (Å²) in [5, 5.41) is 17.6. The van der Waals surface area contributed by atoms with Crippen molar-refractivity contribution in [1.82, 2.24) is 25.4 Å². The lowest BCUT2D eigenvalue weighted by Crippen LogP contribution is -2.25. The second-order valence-corrected chi connectivity index (χ2v) is 5.97. The Morgan fingerprint density at radius 1 is 1.14 bits per heavy atom. The normalized spacial score (nSPS) is 11.8. The van der Waals surface area contributed by atoms with Gasteiger partial charge in [0.05, 0.1) is 5.69 Å². The van der Waals surface area contributed by atoms with E-state index in [1.54, 1.807) is 37.3 Å². The monoisotopic (exact) mass is 376 g/mol. The van der Waals surface area contributed by atoms with E-state index < -0.39 is 6.10 Å². The zero-order valence-corrected chi connectivity index (χ0v) is 14.9. The standard InChI is InChI=1S/C19H16N6O3/c1-13-11-17(22-28-13)21-19(26)18(14-5-3-2-4-6-14)27-16-9-7-15(8-10-16)25-12-20-23-24-25/h2-12,18H,1H3,(H,21,22,26)/t18-/m1/s1. The molecule has 9 heteroatoms. The van der Waals surface area contributed by atoms with E-state index in [2.05, 4.69) is 26.0 Å². The average Bonchev–Trinajstić information content (AvgIpc) is 3.39. The van der Waals surface area contributed by atoms with Crippen LogP contribution in [0.3, 0.4) is 0 Å². The molecule has 0 bridgehead atoms. The molecule has 1 amide bonds. The second kappa shape index (κ2) is 7.70. The van der Waals surface area contributed by atoms with Gasteiger partial charge >= 0.3 is 0 Å². The molecule has 0 saturated heterocycles. The number of tetrazole rings is 1. The highest BCUT2D eigenvalue weighted by Gasteiger charge is 2.24. The Morgan fingerprint density at radius 2 is 1.93 bits per heavy atom. The van der Waals surface area contributed by atoms with Gasteiger partial charge in [0.2, 0.25) is 6.10 Å². The number of aryl methyl sites for hydroxylation is 1. The van der Waals surface area contributed by atoms with Crippen LogP contribution in [0.5, 0.6) is 5.75 Å². The molecule has 9 nitrogen and oxygen atoms in total. The fourth-order valence-corrected chi connectivity index (χ4v) is 2.61. The molecule has 140 valence electrons. The molecule has 0 aliphatic heterocycles. The lowest BCUT2D eigenvalue weighted by Gasteiger charge is -2.18. The number of anilines is 1. The van der Waals surface area contributed by atoms with Crippen molar-refractivity contribution in [3.8, 4) is 11.4 Å². The van der Waals surface area contributed by atoms with Crippen molar-refractivity contribution in [1.29, 1.82) is 0 Å². The molecule has 0 aliphatic rings. The van der Waals surface area contributed by atoms with E-state index >= 15 is 0 Å². The first kappa shape index (κ1) is 17.4. The van der Waals surface area contributed by atoms with Gasteiger partial charge in [-0.3, -0.25) is 4.79 Å². The maximum Gasteiger partial charge on any atom is 0.271 e. The summed E-state index contributed by atoms with van der Waals surface area (Å²) >= 11 is 0. The van der Waals surface area contributed by atoms with Crippen LogP contribution in [0, 0.1) is 6.92 Å². The summed E-state index contributed by atoms with van der Waals surface area (Å²) < 4.78 is 12.5. The van der Waals surface area contributed by atoms with Crippen molar-refractivity contribution in [2.45, 2.75) is 13.0 Å². The van der Waals surface area contributed by atoms with Gasteiger partial charge in [-0.2, -0.15) is 0 Å². The first-order chi connectivity index (χ1) is 13.7. The van der Waals surface area contributed by atoms with Crippen LogP contribution in [0.15, 0.2) is 71.5 Å². The highest BCUT2D eigenvalue weighted by molar-refractivity contribution is 5.94. The molecule has 0 saturated carbocycles. The van der Waals surface area contributed by atoms with Crippen LogP contribution in [-0.4, -0.2) is 31.3 Å². The van der Waals surface area contributed by atoms with Crippen molar-refractivity contribution in [2.75, 3.05) is 5.32 Å². The van der Waals surface area contributed by atoms with Gasteiger partial charge in [-0.25, -0.2) is 4.68 Å². The minimum Gasteiger partial charge on any atom is -0.476 e. The largest absolute Gasteiger partial charge is 0.476 e. The van der Waals surface area contributed by atoms with Crippen LogP contribution < -0.4 is 10.1 Å². The van der Waals surface area contributed by atoms with E-state index in [1.165, 1.54) is 11.0 Å². The third-order valence-corrected chi connectivity index (χ3v) is 3.92. The smallest absolute Gasteiger partial charge is 0.271 e. The Kier molecular flexibility index (Phi) is 4.79. The maximum absolute atomic E-state index is 12.8. The number of hydrogen-bond acceptors (Lipinski definition) is 7. The molecule has 1 atom stereocenters. The molecule has 0 spiro atoms. The molecule has 2 heterocycles. The Balaban J connectivity index is 1.56. The Hall–Kier alpha value is -4.01. The van der Waals surface area contributed by atoms with Gasteiger partial charge in [-0.1, -0.05) is 35.5 Å².